The predicted molar refractivity (Wildman–Crippen MR) is 136 cm³/mol. The predicted octanol–water partition coefficient (Wildman–Crippen LogP) is 4.95. The average molecular weight is 506 g/mol. The van der Waals surface area contributed by atoms with E-state index in [0.29, 0.717) is 17.2 Å². The van der Waals surface area contributed by atoms with Crippen molar-refractivity contribution >= 4 is 40.2 Å². The summed E-state index contributed by atoms with van der Waals surface area (Å²) in [4.78, 5) is 44.0. The Morgan fingerprint density at radius 1 is 1.25 bits per heavy atom. The van der Waals surface area contributed by atoms with Gasteiger partial charge in [0.1, 0.15) is 16.9 Å². The summed E-state index contributed by atoms with van der Waals surface area (Å²) >= 11 is 1.20. The van der Waals surface area contributed by atoms with Gasteiger partial charge in [0.15, 0.2) is 17.1 Å². The number of ketones is 3. The van der Waals surface area contributed by atoms with Gasteiger partial charge in [0, 0.05) is 23.2 Å². The minimum Gasteiger partial charge on any atom is -0.431 e. The molecule has 3 saturated carbocycles. The van der Waals surface area contributed by atoms with E-state index in [1.165, 1.54) is 11.8 Å². The highest BCUT2D eigenvalue weighted by Gasteiger charge is 2.70. The van der Waals surface area contributed by atoms with E-state index < -0.39 is 16.4 Å². The molecule has 3 fully saturated rings. The SMILES string of the molecule is C[C@@H]1CC2C3CCC4=CC(=O)C=CC4(C)C3C(=O)CC2(C)[C@@]1(O)C(=O)CSc1nc2ccccc2o1. The fraction of sp³-hybridized carbons (Fsp3) is 0.517. The summed E-state index contributed by atoms with van der Waals surface area (Å²) in [7, 11) is 0. The van der Waals surface area contributed by atoms with Crippen LogP contribution >= 0.6 is 11.8 Å². The number of rotatable bonds is 4. The Kier molecular flexibility index (Phi) is 5.30. The Labute approximate surface area is 214 Å². The molecule has 4 aliphatic carbocycles. The Morgan fingerprint density at radius 3 is 2.81 bits per heavy atom. The molecule has 1 aromatic heterocycles. The quantitative estimate of drug-likeness (QED) is 0.587. The first-order chi connectivity index (χ1) is 17.1. The first-order valence-corrected chi connectivity index (χ1v) is 13.8. The lowest BCUT2D eigenvalue weighted by molar-refractivity contribution is -0.169. The van der Waals surface area contributed by atoms with Crippen molar-refractivity contribution in [1.29, 1.82) is 0 Å². The Balaban J connectivity index is 1.28. The fourth-order valence-electron chi connectivity index (χ4n) is 8.11. The summed E-state index contributed by atoms with van der Waals surface area (Å²) in [5.41, 5.74) is -0.447. The van der Waals surface area contributed by atoms with Gasteiger partial charge in [0.25, 0.3) is 5.22 Å². The molecule has 5 unspecified atom stereocenters. The number of oxazole rings is 1. The third-order valence-electron chi connectivity index (χ3n) is 9.86. The minimum absolute atomic E-state index is 0.0140. The van der Waals surface area contributed by atoms with Crippen LogP contribution < -0.4 is 0 Å². The number of nitrogens with zero attached hydrogens (tertiary/aromatic N) is 1. The van der Waals surface area contributed by atoms with Crippen LogP contribution in [0, 0.1) is 34.5 Å². The number of allylic oxidation sites excluding steroid dienone is 4. The number of carbonyl (C=O) groups is 3. The summed E-state index contributed by atoms with van der Waals surface area (Å²) < 4.78 is 5.76. The van der Waals surface area contributed by atoms with Gasteiger partial charge in [-0.2, -0.15) is 0 Å². The molecule has 0 spiro atoms. The van der Waals surface area contributed by atoms with Gasteiger partial charge in [0.05, 0.1) is 5.75 Å². The molecule has 6 nitrogen and oxygen atoms in total. The number of para-hydroxylation sites is 2. The molecular formula is C29H31NO5S. The highest BCUT2D eigenvalue weighted by atomic mass is 32.2. The summed E-state index contributed by atoms with van der Waals surface area (Å²) in [5.74, 6) is -0.494. The number of hydrogen-bond acceptors (Lipinski definition) is 7. The van der Waals surface area contributed by atoms with E-state index >= 15 is 0 Å². The molecule has 0 saturated heterocycles. The van der Waals surface area contributed by atoms with Gasteiger partial charge in [-0.3, -0.25) is 14.4 Å². The molecule has 1 heterocycles. The van der Waals surface area contributed by atoms with Gasteiger partial charge >= 0.3 is 0 Å². The summed E-state index contributed by atoms with van der Waals surface area (Å²) in [5, 5.41) is 12.5. The Morgan fingerprint density at radius 2 is 2.03 bits per heavy atom. The van der Waals surface area contributed by atoms with Crippen LogP contribution in [0.25, 0.3) is 11.1 Å². The van der Waals surface area contributed by atoms with Crippen LogP contribution in [0.15, 0.2) is 57.7 Å². The number of aliphatic hydroxyl groups is 1. The fourth-order valence-corrected chi connectivity index (χ4v) is 8.89. The third kappa shape index (κ3) is 3.14. The minimum atomic E-state index is -1.59. The summed E-state index contributed by atoms with van der Waals surface area (Å²) in [6.07, 6.45) is 7.66. The van der Waals surface area contributed by atoms with E-state index in [9.17, 15) is 19.5 Å². The monoisotopic (exact) mass is 505 g/mol. The van der Waals surface area contributed by atoms with Crippen LogP contribution in [0.1, 0.15) is 46.5 Å². The second-order valence-electron chi connectivity index (χ2n) is 11.6. The molecule has 7 heteroatoms. The first kappa shape index (κ1) is 23.9. The van der Waals surface area contributed by atoms with E-state index in [2.05, 4.69) is 11.9 Å². The van der Waals surface area contributed by atoms with E-state index in [1.54, 1.807) is 12.2 Å². The number of hydrogen-bond donors (Lipinski definition) is 1. The maximum Gasteiger partial charge on any atom is 0.257 e. The third-order valence-corrected chi connectivity index (χ3v) is 10.7. The van der Waals surface area contributed by atoms with Gasteiger partial charge in [0.2, 0.25) is 0 Å². The molecule has 1 N–H and O–H groups in total. The molecule has 0 radical (unpaired) electrons. The molecule has 0 bridgehead atoms. The second kappa shape index (κ2) is 7.99. The van der Waals surface area contributed by atoms with E-state index in [0.717, 1.165) is 23.9 Å². The lowest BCUT2D eigenvalue weighted by Crippen LogP contribution is -2.61. The van der Waals surface area contributed by atoms with Crippen molar-refractivity contribution in [2.75, 3.05) is 5.75 Å². The molecule has 188 valence electrons. The summed E-state index contributed by atoms with van der Waals surface area (Å²) in [6, 6.07) is 7.44. The molecular weight excluding hydrogens is 474 g/mol. The van der Waals surface area contributed by atoms with Crippen molar-refractivity contribution < 1.29 is 23.9 Å². The number of aromatic nitrogens is 1. The van der Waals surface area contributed by atoms with E-state index in [1.807, 2.05) is 44.2 Å². The lowest BCUT2D eigenvalue weighted by Gasteiger charge is -2.56. The highest BCUT2D eigenvalue weighted by Crippen LogP contribution is 2.67. The van der Waals surface area contributed by atoms with E-state index in [4.69, 9.17) is 4.42 Å². The zero-order chi connectivity index (χ0) is 25.5. The van der Waals surface area contributed by atoms with Crippen LogP contribution in [-0.2, 0) is 14.4 Å². The molecule has 2 aromatic rings. The Hall–Kier alpha value is -2.51. The van der Waals surface area contributed by atoms with Crippen molar-refractivity contribution in [1.82, 2.24) is 4.98 Å². The number of carbonyl (C=O) groups excluding carboxylic acids is 3. The second-order valence-corrected chi connectivity index (χ2v) is 12.5. The van der Waals surface area contributed by atoms with Crippen molar-refractivity contribution in [2.24, 2.45) is 34.5 Å². The normalized spacial score (nSPS) is 39.5. The van der Waals surface area contributed by atoms with E-state index in [-0.39, 0.29) is 53.2 Å². The van der Waals surface area contributed by atoms with Gasteiger partial charge in [-0.25, -0.2) is 4.98 Å². The standard InChI is InChI=1S/C29H31NO5S/c1-16-12-20-19-9-8-17-13-18(31)10-11-27(17,2)25(19)22(32)14-28(20,3)29(16,34)24(33)15-36-26-30-21-6-4-5-7-23(21)35-26/h4-7,10-11,13,16,19-20,25,34H,8-9,12,14-15H2,1-3H3/t16-,19?,20?,25?,27?,28?,29+/m1/s1. The van der Waals surface area contributed by atoms with Crippen LogP contribution in [0.5, 0.6) is 0 Å². The first-order valence-electron chi connectivity index (χ1n) is 12.8. The lowest BCUT2D eigenvalue weighted by atomic mass is 9.46. The zero-order valence-corrected chi connectivity index (χ0v) is 21.6. The van der Waals surface area contributed by atoms with Crippen molar-refractivity contribution in [3.63, 3.8) is 0 Å². The van der Waals surface area contributed by atoms with Crippen molar-refractivity contribution in [2.45, 2.75) is 57.3 Å². The molecule has 0 aliphatic heterocycles. The molecule has 4 aliphatic rings. The number of fused-ring (bicyclic) bond motifs is 6. The molecule has 7 atom stereocenters. The average Bonchev–Trinajstić information content (AvgIpc) is 3.35. The molecule has 1 aromatic carbocycles. The van der Waals surface area contributed by atoms with Gasteiger partial charge in [-0.15, -0.1) is 0 Å². The Bertz CT molecular complexity index is 1330. The largest absolute Gasteiger partial charge is 0.431 e. The van der Waals surface area contributed by atoms with Crippen molar-refractivity contribution in [3.05, 3.63) is 48.1 Å². The maximum absolute atomic E-state index is 13.8. The van der Waals surface area contributed by atoms with Gasteiger partial charge in [-0.05, 0) is 61.3 Å². The maximum atomic E-state index is 13.8. The van der Waals surface area contributed by atoms with Crippen LogP contribution in [-0.4, -0.2) is 38.8 Å². The number of benzene rings is 1. The molecule has 6 rings (SSSR count). The van der Waals surface area contributed by atoms with Crippen molar-refractivity contribution in [3.8, 4) is 0 Å². The zero-order valence-electron chi connectivity index (χ0n) is 20.8. The van der Waals surface area contributed by atoms with Gasteiger partial charge in [-0.1, -0.05) is 56.3 Å². The van der Waals surface area contributed by atoms with Crippen LogP contribution in [0.3, 0.4) is 0 Å². The smallest absolute Gasteiger partial charge is 0.257 e. The van der Waals surface area contributed by atoms with Crippen LogP contribution in [0.4, 0.5) is 0 Å². The number of thioether (sulfide) groups is 1. The summed E-state index contributed by atoms with van der Waals surface area (Å²) in [6.45, 7) is 5.97. The topological polar surface area (TPSA) is 97.5 Å². The molecule has 0 amide bonds. The molecule has 36 heavy (non-hydrogen) atoms. The van der Waals surface area contributed by atoms with Crippen LogP contribution in [0.2, 0.25) is 0 Å². The van der Waals surface area contributed by atoms with Gasteiger partial charge < -0.3 is 9.52 Å². The highest BCUT2D eigenvalue weighted by molar-refractivity contribution is 7.99. The number of Topliss-reactive ketones (excluding diaryl/α,β-unsaturated/α-hetero) is 2.